The molecule has 2 N–H and O–H groups in total. The van der Waals surface area contributed by atoms with Crippen molar-refractivity contribution >= 4 is 41.3 Å². The van der Waals surface area contributed by atoms with Crippen molar-refractivity contribution in [1.82, 2.24) is 15.6 Å². The van der Waals surface area contributed by atoms with Crippen LogP contribution >= 0.6 is 35.3 Å². The summed E-state index contributed by atoms with van der Waals surface area (Å²) in [6.07, 6.45) is 4.93. The smallest absolute Gasteiger partial charge is 0.191 e. The molecule has 1 aromatic heterocycles. The molecule has 4 nitrogen and oxygen atoms in total. The first-order valence-corrected chi connectivity index (χ1v) is 9.62. The fourth-order valence-corrected chi connectivity index (χ4v) is 3.67. The number of hydrogen-bond donors (Lipinski definition) is 2. The SMILES string of the molecule is CCNC(=NCC1(c2cccc(F)c2)CC1)NCCc1ncc(C)s1.I. The largest absolute Gasteiger partial charge is 0.357 e. The summed E-state index contributed by atoms with van der Waals surface area (Å²) in [5, 5.41) is 7.80. The molecule has 1 aromatic carbocycles. The van der Waals surface area contributed by atoms with Crippen molar-refractivity contribution in [3.63, 3.8) is 0 Å². The van der Waals surface area contributed by atoms with Crippen LogP contribution in [-0.4, -0.2) is 30.6 Å². The molecular formula is C19H26FIN4S. The van der Waals surface area contributed by atoms with Crippen LogP contribution in [0.15, 0.2) is 35.5 Å². The third-order valence-corrected chi connectivity index (χ3v) is 5.45. The molecule has 7 heteroatoms. The van der Waals surface area contributed by atoms with Gasteiger partial charge in [-0.2, -0.15) is 0 Å². The van der Waals surface area contributed by atoms with Gasteiger partial charge in [-0.05, 0) is 44.4 Å². The molecule has 0 unspecified atom stereocenters. The second kappa shape index (κ2) is 9.64. The van der Waals surface area contributed by atoms with Crippen LogP contribution in [0.2, 0.25) is 0 Å². The number of nitrogens with one attached hydrogen (secondary N) is 2. The van der Waals surface area contributed by atoms with E-state index in [0.29, 0.717) is 6.54 Å². The minimum atomic E-state index is -0.170. The molecule has 1 aliphatic rings. The van der Waals surface area contributed by atoms with Gasteiger partial charge in [0.15, 0.2) is 5.96 Å². The molecule has 3 rings (SSSR count). The molecule has 0 aliphatic heterocycles. The topological polar surface area (TPSA) is 49.3 Å². The highest BCUT2D eigenvalue weighted by Gasteiger charge is 2.44. The summed E-state index contributed by atoms with van der Waals surface area (Å²) < 4.78 is 13.5. The van der Waals surface area contributed by atoms with Crippen molar-refractivity contribution in [3.05, 3.63) is 51.7 Å². The Kier molecular flexibility index (Phi) is 7.82. The van der Waals surface area contributed by atoms with Crippen molar-refractivity contribution < 1.29 is 4.39 Å². The van der Waals surface area contributed by atoms with E-state index in [9.17, 15) is 4.39 Å². The van der Waals surface area contributed by atoms with Gasteiger partial charge >= 0.3 is 0 Å². The maximum Gasteiger partial charge on any atom is 0.191 e. The molecule has 1 fully saturated rings. The number of guanidine groups is 1. The Morgan fingerprint density at radius 1 is 1.35 bits per heavy atom. The molecule has 2 aromatic rings. The first kappa shape index (κ1) is 21.1. The van der Waals surface area contributed by atoms with Crippen molar-refractivity contribution in [2.45, 2.75) is 38.5 Å². The lowest BCUT2D eigenvalue weighted by Gasteiger charge is -2.16. The molecule has 1 aliphatic carbocycles. The van der Waals surface area contributed by atoms with Gasteiger partial charge in [0, 0.05) is 36.0 Å². The second-order valence-corrected chi connectivity index (χ2v) is 7.85. The molecule has 1 heterocycles. The van der Waals surface area contributed by atoms with E-state index in [2.05, 4.69) is 29.5 Å². The van der Waals surface area contributed by atoms with E-state index in [0.717, 1.165) is 48.9 Å². The molecule has 1 saturated carbocycles. The summed E-state index contributed by atoms with van der Waals surface area (Å²) in [5.41, 5.74) is 1.07. The number of aromatic nitrogens is 1. The third-order valence-electron chi connectivity index (χ3n) is 4.48. The monoisotopic (exact) mass is 488 g/mol. The van der Waals surface area contributed by atoms with Gasteiger partial charge in [-0.1, -0.05) is 12.1 Å². The Bertz CT molecular complexity index is 743. The van der Waals surface area contributed by atoms with E-state index in [4.69, 9.17) is 4.99 Å². The van der Waals surface area contributed by atoms with Crippen LogP contribution in [-0.2, 0) is 11.8 Å². The van der Waals surface area contributed by atoms with Crippen molar-refractivity contribution in [3.8, 4) is 0 Å². The number of hydrogen-bond acceptors (Lipinski definition) is 3. The van der Waals surface area contributed by atoms with Gasteiger partial charge in [0.2, 0.25) is 0 Å². The number of benzene rings is 1. The highest BCUT2D eigenvalue weighted by molar-refractivity contribution is 14.0. The molecule has 0 atom stereocenters. The van der Waals surface area contributed by atoms with Crippen LogP contribution in [0.1, 0.15) is 35.2 Å². The van der Waals surface area contributed by atoms with Crippen molar-refractivity contribution in [2.24, 2.45) is 4.99 Å². The normalized spacial score (nSPS) is 15.3. The van der Waals surface area contributed by atoms with Crippen LogP contribution in [0, 0.1) is 12.7 Å². The van der Waals surface area contributed by atoms with E-state index in [1.54, 1.807) is 23.5 Å². The number of rotatable bonds is 7. The Hall–Kier alpha value is -1.22. The Morgan fingerprint density at radius 3 is 2.77 bits per heavy atom. The van der Waals surface area contributed by atoms with E-state index < -0.39 is 0 Å². The predicted molar refractivity (Wildman–Crippen MR) is 117 cm³/mol. The zero-order valence-electron chi connectivity index (χ0n) is 15.2. The van der Waals surface area contributed by atoms with Crippen molar-refractivity contribution in [1.29, 1.82) is 0 Å². The highest BCUT2D eigenvalue weighted by atomic mass is 127. The number of thiazole rings is 1. The molecule has 0 spiro atoms. The Balaban J connectivity index is 0.00000243. The average molecular weight is 488 g/mol. The fraction of sp³-hybridized carbons (Fsp3) is 0.474. The van der Waals surface area contributed by atoms with Gasteiger partial charge in [0.1, 0.15) is 5.82 Å². The van der Waals surface area contributed by atoms with Gasteiger partial charge in [0.25, 0.3) is 0 Å². The van der Waals surface area contributed by atoms with Crippen LogP contribution in [0.5, 0.6) is 0 Å². The number of halogens is 2. The van der Waals surface area contributed by atoms with E-state index >= 15 is 0 Å². The van der Waals surface area contributed by atoms with E-state index in [-0.39, 0.29) is 35.2 Å². The zero-order valence-corrected chi connectivity index (χ0v) is 18.4. The number of nitrogens with zero attached hydrogens (tertiary/aromatic N) is 2. The summed E-state index contributed by atoms with van der Waals surface area (Å²) in [7, 11) is 0. The van der Waals surface area contributed by atoms with Crippen molar-refractivity contribution in [2.75, 3.05) is 19.6 Å². The average Bonchev–Trinajstić information content (AvgIpc) is 3.28. The Labute approximate surface area is 175 Å². The van der Waals surface area contributed by atoms with Crippen LogP contribution in [0.4, 0.5) is 4.39 Å². The predicted octanol–water partition coefficient (Wildman–Crippen LogP) is 4.04. The van der Waals surface area contributed by atoms with Crippen LogP contribution < -0.4 is 10.6 Å². The molecule has 0 amide bonds. The first-order chi connectivity index (χ1) is 12.1. The standard InChI is InChI=1S/C19H25FN4S.HI/c1-3-21-18(22-10-7-17-23-12-14(2)25-17)24-13-19(8-9-19)15-5-4-6-16(20)11-15;/h4-6,11-12H,3,7-10,13H2,1-2H3,(H2,21,22,24);1H. The lowest BCUT2D eigenvalue weighted by atomic mass is 9.96. The zero-order chi connectivity index (χ0) is 17.7. The maximum atomic E-state index is 13.5. The van der Waals surface area contributed by atoms with Gasteiger partial charge < -0.3 is 10.6 Å². The minimum Gasteiger partial charge on any atom is -0.357 e. The molecule has 0 saturated heterocycles. The molecule has 142 valence electrons. The number of aryl methyl sites for hydroxylation is 1. The summed E-state index contributed by atoms with van der Waals surface area (Å²) in [5.74, 6) is 0.648. The second-order valence-electron chi connectivity index (χ2n) is 6.53. The van der Waals surface area contributed by atoms with Gasteiger partial charge in [-0.15, -0.1) is 35.3 Å². The number of aliphatic imine (C=N–C) groups is 1. The lowest BCUT2D eigenvalue weighted by molar-refractivity contribution is 0.615. The van der Waals surface area contributed by atoms with Gasteiger partial charge in [-0.3, -0.25) is 4.99 Å². The third kappa shape index (κ3) is 5.64. The lowest BCUT2D eigenvalue weighted by Crippen LogP contribution is -2.39. The Morgan fingerprint density at radius 2 is 2.15 bits per heavy atom. The quantitative estimate of drug-likeness (QED) is 0.352. The fourth-order valence-electron chi connectivity index (χ4n) is 2.88. The van der Waals surface area contributed by atoms with Gasteiger partial charge in [0.05, 0.1) is 11.6 Å². The molecular weight excluding hydrogens is 462 g/mol. The van der Waals surface area contributed by atoms with Crippen LogP contribution in [0.25, 0.3) is 0 Å². The first-order valence-electron chi connectivity index (χ1n) is 8.81. The summed E-state index contributed by atoms with van der Waals surface area (Å²) in [6.45, 7) is 6.42. The van der Waals surface area contributed by atoms with E-state index in [1.165, 1.54) is 10.9 Å². The molecule has 0 bridgehead atoms. The van der Waals surface area contributed by atoms with Crippen LogP contribution in [0.3, 0.4) is 0 Å². The molecule has 26 heavy (non-hydrogen) atoms. The highest BCUT2D eigenvalue weighted by Crippen LogP contribution is 2.48. The summed E-state index contributed by atoms with van der Waals surface area (Å²) in [6, 6.07) is 6.94. The summed E-state index contributed by atoms with van der Waals surface area (Å²) in [4.78, 5) is 10.4. The molecule has 0 radical (unpaired) electrons. The maximum absolute atomic E-state index is 13.5. The summed E-state index contributed by atoms with van der Waals surface area (Å²) >= 11 is 1.73. The minimum absolute atomic E-state index is 0. The van der Waals surface area contributed by atoms with Gasteiger partial charge in [-0.25, -0.2) is 9.37 Å². The van der Waals surface area contributed by atoms with E-state index in [1.807, 2.05) is 12.3 Å².